The van der Waals surface area contributed by atoms with Gasteiger partial charge in [0.05, 0.1) is 13.2 Å². The van der Waals surface area contributed by atoms with Gasteiger partial charge in [0.25, 0.3) is 0 Å². The smallest absolute Gasteiger partial charge is 0.217 e. The molecule has 0 radical (unpaired) electrons. The lowest BCUT2D eigenvalue weighted by Crippen LogP contribution is -2.66. The summed E-state index contributed by atoms with van der Waals surface area (Å²) in [6, 6.07) is 0. The van der Waals surface area contributed by atoms with Gasteiger partial charge in [0.2, 0.25) is 20.8 Å². The number of methoxy groups -OCH3 is 2. The minimum atomic E-state index is -5.41. The van der Waals surface area contributed by atoms with Gasteiger partial charge in [-0.25, -0.2) is 36.4 Å². The lowest BCUT2D eigenvalue weighted by atomic mass is 9.96. The van der Waals surface area contributed by atoms with Gasteiger partial charge in [-0.15, -0.1) is 0 Å². The average Bonchev–Trinajstić information content (AvgIpc) is 2.89. The molecular formula is C14H20O25S2-6. The highest BCUT2D eigenvalue weighted by molar-refractivity contribution is 7.81. The normalized spacial score (nSPS) is 35.0. The van der Waals surface area contributed by atoms with Crippen molar-refractivity contribution in [1.82, 2.24) is 0 Å². The molecular weight excluding hydrogens is 632 g/mol. The van der Waals surface area contributed by atoms with Crippen LogP contribution < -0.4 is 21.0 Å². The first-order valence-electron chi connectivity index (χ1n) is 10.4. The third-order valence-corrected chi connectivity index (χ3v) is 6.18. The van der Waals surface area contributed by atoms with Crippen LogP contribution in [0.15, 0.2) is 0 Å². The van der Waals surface area contributed by atoms with Crippen LogP contribution in [0.4, 0.5) is 0 Å². The van der Waals surface area contributed by atoms with Gasteiger partial charge in [0, 0.05) is 14.2 Å². The molecule has 0 amide bonds. The van der Waals surface area contributed by atoms with Crippen molar-refractivity contribution >= 4 is 20.8 Å². The first-order valence-corrected chi connectivity index (χ1v) is 13.0. The predicted molar refractivity (Wildman–Crippen MR) is 95.1 cm³/mol. The maximum Gasteiger partial charge on any atom is 0.217 e. The summed E-state index contributed by atoms with van der Waals surface area (Å²) in [6.07, 6.45) is -19.2. The van der Waals surface area contributed by atoms with E-state index in [1.807, 2.05) is 0 Å². The van der Waals surface area contributed by atoms with Crippen molar-refractivity contribution in [2.45, 2.75) is 61.4 Å². The van der Waals surface area contributed by atoms with Crippen LogP contribution in [0.5, 0.6) is 0 Å². The Morgan fingerprint density at radius 2 is 0.951 bits per heavy atom. The molecule has 2 aliphatic heterocycles. The van der Waals surface area contributed by atoms with Crippen LogP contribution in [-0.2, 0) is 92.6 Å². The van der Waals surface area contributed by atoms with Crippen molar-refractivity contribution in [2.24, 2.45) is 0 Å². The fraction of sp³-hybridized carbons (Fsp3) is 1.00. The van der Waals surface area contributed by atoms with E-state index in [1.54, 1.807) is 0 Å². The summed E-state index contributed by atoms with van der Waals surface area (Å²) in [5, 5.41) is 56.6. The van der Waals surface area contributed by atoms with E-state index in [2.05, 4.69) is 48.1 Å². The lowest BCUT2D eigenvalue weighted by molar-refractivity contribution is -0.826. The Bertz CT molecular complexity index is 961. The van der Waals surface area contributed by atoms with Crippen LogP contribution in [0.2, 0.25) is 0 Å². The van der Waals surface area contributed by atoms with Crippen molar-refractivity contribution in [3.8, 4) is 0 Å². The molecule has 0 spiro atoms. The molecule has 0 aromatic heterocycles. The lowest BCUT2D eigenvalue weighted by Gasteiger charge is -2.48. The summed E-state index contributed by atoms with van der Waals surface area (Å²) < 4.78 is 101. The molecule has 0 aromatic carbocycles. The Hall–Kier alpha value is -0.940. The van der Waals surface area contributed by atoms with Crippen LogP contribution >= 0.6 is 0 Å². The van der Waals surface area contributed by atoms with Crippen molar-refractivity contribution in [3.63, 3.8) is 0 Å². The van der Waals surface area contributed by atoms with Gasteiger partial charge in [0.1, 0.15) is 24.4 Å². The van der Waals surface area contributed by atoms with Crippen LogP contribution in [0.1, 0.15) is 0 Å². The summed E-state index contributed by atoms with van der Waals surface area (Å²) in [7, 11) is -8.84. The second-order valence-electron chi connectivity index (χ2n) is 7.52. The molecule has 2 rings (SSSR count). The van der Waals surface area contributed by atoms with Crippen LogP contribution in [0.25, 0.3) is 0 Å². The van der Waals surface area contributed by atoms with Gasteiger partial charge in [-0.05, 0) is 0 Å². The molecule has 0 aromatic rings. The standard InChI is InChI=1S/C14H26O25S2/c1-25-7-5(3-27-40(19,20)21)30-14(12(35-39-18)9(7)32-36-15)31-8-6(4-28-41(22,23)24)29-13(26-2)11(34-38-17)10(8)33-37-16/h5-18H,3-4H2,1-2H3,(H,19,20,21)(H,22,23,24)/p-6/t5-,6?,7+,8+,9?,10-,11?,12?,13+,14-/m0/s1. The number of hydrogen-bond acceptors (Lipinski definition) is 25. The fourth-order valence-corrected chi connectivity index (χ4v) is 4.44. The third-order valence-electron chi connectivity index (χ3n) is 5.33. The second kappa shape index (κ2) is 16.8. The van der Waals surface area contributed by atoms with E-state index in [9.17, 15) is 47.0 Å². The van der Waals surface area contributed by atoms with Crippen molar-refractivity contribution < 1.29 is 119 Å². The molecule has 2 aliphatic rings. The van der Waals surface area contributed by atoms with Gasteiger partial charge in [-0.2, -0.15) is 0 Å². The molecule has 0 saturated carbocycles. The van der Waals surface area contributed by atoms with E-state index >= 15 is 0 Å². The SMILES string of the molecule is CO[C@@H]1OC(COS(=O)(=O)[O-])[C@@H](O[C@@H]2O[C@@H](COS(=O)(=O)[O-])[C@@H](OC)C(OO[O-])C2OO[O-])[C@H](OO[O-])C1OO[O-]. The van der Waals surface area contributed by atoms with E-state index in [0.717, 1.165) is 14.2 Å². The Morgan fingerprint density at radius 3 is 1.37 bits per heavy atom. The minimum Gasteiger partial charge on any atom is -0.726 e. The highest BCUT2D eigenvalue weighted by Crippen LogP contribution is 2.34. The van der Waals surface area contributed by atoms with Gasteiger partial charge in [-0.3, -0.25) is 28.5 Å². The van der Waals surface area contributed by atoms with Crippen LogP contribution in [0.3, 0.4) is 0 Å². The minimum absolute atomic E-state index is 0.959. The highest BCUT2D eigenvalue weighted by Gasteiger charge is 2.55. The Morgan fingerprint density at radius 1 is 0.561 bits per heavy atom. The van der Waals surface area contributed by atoms with Gasteiger partial charge >= 0.3 is 0 Å². The van der Waals surface area contributed by atoms with E-state index in [0.29, 0.717) is 0 Å². The molecule has 4 unspecified atom stereocenters. The topological polar surface area (TPSA) is 345 Å². The Kier molecular flexibility index (Phi) is 14.8. The Balaban J connectivity index is 2.53. The monoisotopic (exact) mass is 652 g/mol. The van der Waals surface area contributed by atoms with Gasteiger partial charge in [-0.1, -0.05) is 0 Å². The van der Waals surface area contributed by atoms with Crippen molar-refractivity contribution in [3.05, 3.63) is 0 Å². The molecule has 2 heterocycles. The summed E-state index contributed by atoms with van der Waals surface area (Å²) in [5.41, 5.74) is 0. The maximum atomic E-state index is 11.1. The summed E-state index contributed by atoms with van der Waals surface area (Å²) in [5.74, 6) is 0. The molecule has 41 heavy (non-hydrogen) atoms. The number of rotatable bonds is 18. The van der Waals surface area contributed by atoms with E-state index in [1.165, 1.54) is 0 Å². The molecule has 244 valence electrons. The molecule has 27 heteroatoms. The van der Waals surface area contributed by atoms with E-state index < -0.39 is 95.4 Å². The first kappa shape index (κ1) is 36.3. The van der Waals surface area contributed by atoms with Gasteiger partial charge in [0.15, 0.2) is 37.0 Å². The summed E-state index contributed by atoms with van der Waals surface area (Å²) in [6.45, 7) is -2.37. The predicted octanol–water partition coefficient (Wildman–Crippen LogP) is -8.20. The maximum absolute atomic E-state index is 11.1. The number of ether oxygens (including phenoxy) is 5. The molecule has 0 N–H and O–H groups in total. The van der Waals surface area contributed by atoms with Crippen molar-refractivity contribution in [2.75, 3.05) is 27.4 Å². The molecule has 0 bridgehead atoms. The zero-order valence-electron chi connectivity index (χ0n) is 20.2. The Labute approximate surface area is 228 Å². The van der Waals surface area contributed by atoms with Crippen molar-refractivity contribution in [1.29, 1.82) is 0 Å². The first-order chi connectivity index (χ1) is 19.3. The molecule has 2 saturated heterocycles. The largest absolute Gasteiger partial charge is 0.726 e. The molecule has 0 aliphatic carbocycles. The highest BCUT2D eigenvalue weighted by atomic mass is 32.3. The third kappa shape index (κ3) is 10.6. The van der Waals surface area contributed by atoms with E-state index in [4.69, 9.17) is 23.7 Å². The van der Waals surface area contributed by atoms with Crippen LogP contribution in [-0.4, -0.2) is 115 Å². The molecule has 2 fully saturated rings. The second-order valence-corrected chi connectivity index (χ2v) is 9.63. The average molecular weight is 652 g/mol. The fourth-order valence-electron chi connectivity index (χ4n) is 3.84. The quantitative estimate of drug-likeness (QED) is 0.0574. The summed E-state index contributed by atoms with van der Waals surface area (Å²) >= 11 is 0. The number of hydrogen-bond donors (Lipinski definition) is 0. The van der Waals surface area contributed by atoms with Crippen LogP contribution in [0, 0.1) is 0 Å². The molecule has 10 atom stereocenters. The zero-order chi connectivity index (χ0) is 30.8. The molecule has 25 nitrogen and oxygen atoms in total. The van der Waals surface area contributed by atoms with Gasteiger partial charge < -0.3 is 53.8 Å². The summed E-state index contributed by atoms with van der Waals surface area (Å²) in [4.78, 5) is 17.8. The van der Waals surface area contributed by atoms with E-state index in [-0.39, 0.29) is 0 Å². The zero-order valence-corrected chi connectivity index (χ0v) is 21.8.